The first-order valence-electron chi connectivity index (χ1n) is 6.33. The third kappa shape index (κ3) is 5.85. The summed E-state index contributed by atoms with van der Waals surface area (Å²) in [5.74, 6) is -1.09. The van der Waals surface area contributed by atoms with Gasteiger partial charge in [0.15, 0.2) is 0 Å². The second kappa shape index (κ2) is 7.56. The van der Waals surface area contributed by atoms with Gasteiger partial charge in [-0.1, -0.05) is 17.7 Å². The summed E-state index contributed by atoms with van der Waals surface area (Å²) in [7, 11) is 0. The molecule has 0 saturated carbocycles. The van der Waals surface area contributed by atoms with E-state index in [2.05, 4.69) is 5.32 Å². The van der Waals surface area contributed by atoms with Crippen LogP contribution in [0.3, 0.4) is 0 Å². The zero-order valence-corrected chi connectivity index (χ0v) is 13.8. The molecule has 0 unspecified atom stereocenters. The number of hydrogen-bond donors (Lipinski definition) is 2. The van der Waals surface area contributed by atoms with Gasteiger partial charge in [-0.15, -0.1) is 0 Å². The van der Waals surface area contributed by atoms with Crippen LogP contribution in [0.15, 0.2) is 24.3 Å². The van der Waals surface area contributed by atoms with E-state index >= 15 is 0 Å². The molecule has 1 rings (SSSR count). The second-order valence-electron chi connectivity index (χ2n) is 5.08. The standard InChI is InChI=1S/C14H19ClN2O3S/c1-14(2,21-3)9-16-13(20)17(8-12(18)19)11-6-4-5-10(15)7-11/h4-7H,8-9H2,1-3H3,(H,16,20)(H,18,19). The van der Waals surface area contributed by atoms with Gasteiger partial charge in [-0.05, 0) is 38.3 Å². The van der Waals surface area contributed by atoms with Crippen LogP contribution >= 0.6 is 23.4 Å². The van der Waals surface area contributed by atoms with Crippen molar-refractivity contribution in [2.75, 3.05) is 24.2 Å². The average Bonchev–Trinajstić information content (AvgIpc) is 2.42. The van der Waals surface area contributed by atoms with Crippen LogP contribution in [0, 0.1) is 0 Å². The minimum Gasteiger partial charge on any atom is -0.480 e. The molecule has 0 atom stereocenters. The van der Waals surface area contributed by atoms with E-state index in [4.69, 9.17) is 16.7 Å². The van der Waals surface area contributed by atoms with Crippen LogP contribution in [0.1, 0.15) is 13.8 Å². The van der Waals surface area contributed by atoms with Crippen LogP contribution in [0.2, 0.25) is 5.02 Å². The van der Waals surface area contributed by atoms with Crippen molar-refractivity contribution in [2.45, 2.75) is 18.6 Å². The lowest BCUT2D eigenvalue weighted by Crippen LogP contribution is -2.46. The molecule has 0 saturated heterocycles. The monoisotopic (exact) mass is 330 g/mol. The molecule has 5 nitrogen and oxygen atoms in total. The van der Waals surface area contributed by atoms with Crippen LogP contribution in [-0.2, 0) is 4.79 Å². The quantitative estimate of drug-likeness (QED) is 0.841. The third-order valence-electron chi connectivity index (χ3n) is 2.88. The topological polar surface area (TPSA) is 69.6 Å². The molecule has 21 heavy (non-hydrogen) atoms. The first-order valence-corrected chi connectivity index (χ1v) is 7.93. The van der Waals surface area contributed by atoms with Gasteiger partial charge in [0.05, 0.1) is 0 Å². The number of halogens is 1. The predicted octanol–water partition coefficient (Wildman–Crippen LogP) is 3.08. The minimum absolute atomic E-state index is 0.126. The predicted molar refractivity (Wildman–Crippen MR) is 87.4 cm³/mol. The maximum Gasteiger partial charge on any atom is 0.323 e. The molecular weight excluding hydrogens is 312 g/mol. The van der Waals surface area contributed by atoms with Crippen molar-refractivity contribution >= 4 is 41.1 Å². The highest BCUT2D eigenvalue weighted by molar-refractivity contribution is 7.99. The molecule has 0 radical (unpaired) electrons. The Hall–Kier alpha value is -1.40. The number of rotatable bonds is 6. The molecule has 1 aromatic carbocycles. The Morgan fingerprint density at radius 3 is 2.62 bits per heavy atom. The van der Waals surface area contributed by atoms with Crippen LogP contribution in [0.25, 0.3) is 0 Å². The van der Waals surface area contributed by atoms with Crippen molar-refractivity contribution < 1.29 is 14.7 Å². The van der Waals surface area contributed by atoms with E-state index in [0.717, 1.165) is 4.90 Å². The number of carboxylic acid groups (broad SMARTS) is 1. The highest BCUT2D eigenvalue weighted by Crippen LogP contribution is 2.21. The maximum atomic E-state index is 12.3. The lowest BCUT2D eigenvalue weighted by atomic mass is 10.2. The van der Waals surface area contributed by atoms with E-state index in [9.17, 15) is 9.59 Å². The van der Waals surface area contributed by atoms with E-state index in [1.165, 1.54) is 0 Å². The number of urea groups is 1. The number of thioether (sulfide) groups is 1. The number of anilines is 1. The molecule has 0 aliphatic carbocycles. The molecule has 0 bridgehead atoms. The van der Waals surface area contributed by atoms with Gasteiger partial charge in [0, 0.05) is 22.0 Å². The number of nitrogens with zero attached hydrogens (tertiary/aromatic N) is 1. The Balaban J connectivity index is 2.87. The van der Waals surface area contributed by atoms with E-state index in [1.54, 1.807) is 36.0 Å². The molecule has 116 valence electrons. The van der Waals surface area contributed by atoms with Crippen molar-refractivity contribution in [3.8, 4) is 0 Å². The summed E-state index contributed by atoms with van der Waals surface area (Å²) in [6, 6.07) is 6.09. The molecule has 2 N–H and O–H groups in total. The summed E-state index contributed by atoms with van der Waals surface area (Å²) in [6.45, 7) is 4.01. The molecule has 0 spiro atoms. The summed E-state index contributed by atoms with van der Waals surface area (Å²) in [6.07, 6.45) is 1.96. The van der Waals surface area contributed by atoms with Crippen LogP contribution in [-0.4, -0.2) is 41.2 Å². The number of carbonyl (C=O) groups is 2. The summed E-state index contributed by atoms with van der Waals surface area (Å²) in [4.78, 5) is 24.4. The number of benzene rings is 1. The molecular formula is C14H19ClN2O3S. The third-order valence-corrected chi connectivity index (χ3v) is 4.36. The van der Waals surface area contributed by atoms with Gasteiger partial charge in [-0.3, -0.25) is 9.69 Å². The normalized spacial score (nSPS) is 11.0. The Bertz CT molecular complexity index is 523. The number of amides is 2. The zero-order valence-electron chi connectivity index (χ0n) is 12.2. The van der Waals surface area contributed by atoms with Crippen LogP contribution < -0.4 is 10.2 Å². The molecule has 0 heterocycles. The average molecular weight is 331 g/mol. The van der Waals surface area contributed by atoms with Crippen LogP contribution in [0.5, 0.6) is 0 Å². The number of nitrogens with one attached hydrogen (secondary N) is 1. The lowest BCUT2D eigenvalue weighted by Gasteiger charge is -2.26. The Morgan fingerprint density at radius 1 is 1.43 bits per heavy atom. The van der Waals surface area contributed by atoms with E-state index in [1.807, 2.05) is 20.1 Å². The van der Waals surface area contributed by atoms with Gasteiger partial charge in [0.1, 0.15) is 6.54 Å². The fraction of sp³-hybridized carbons (Fsp3) is 0.429. The van der Waals surface area contributed by atoms with Crippen molar-refractivity contribution in [1.82, 2.24) is 5.32 Å². The highest BCUT2D eigenvalue weighted by atomic mass is 35.5. The zero-order chi connectivity index (χ0) is 16.0. The van der Waals surface area contributed by atoms with Gasteiger partial charge in [0.2, 0.25) is 0 Å². The first kappa shape index (κ1) is 17.7. The van der Waals surface area contributed by atoms with E-state index in [0.29, 0.717) is 17.3 Å². The smallest absolute Gasteiger partial charge is 0.323 e. The minimum atomic E-state index is -1.09. The number of aliphatic carboxylic acids is 1. The summed E-state index contributed by atoms with van der Waals surface area (Å²) in [5, 5.41) is 12.2. The number of carboxylic acids is 1. The molecule has 2 amide bonds. The van der Waals surface area contributed by atoms with Crippen molar-refractivity contribution in [3.05, 3.63) is 29.3 Å². The van der Waals surface area contributed by atoms with E-state index < -0.39 is 18.5 Å². The maximum absolute atomic E-state index is 12.3. The molecule has 0 aliphatic rings. The SMILES string of the molecule is CSC(C)(C)CNC(=O)N(CC(=O)O)c1cccc(Cl)c1. The van der Waals surface area contributed by atoms with Crippen LogP contribution in [0.4, 0.5) is 10.5 Å². The Kier molecular flexibility index (Phi) is 6.36. The molecule has 0 aliphatic heterocycles. The fourth-order valence-electron chi connectivity index (χ4n) is 1.52. The lowest BCUT2D eigenvalue weighted by molar-refractivity contribution is -0.135. The molecule has 0 aromatic heterocycles. The van der Waals surface area contributed by atoms with Crippen molar-refractivity contribution in [2.24, 2.45) is 0 Å². The van der Waals surface area contributed by atoms with Crippen molar-refractivity contribution in [1.29, 1.82) is 0 Å². The van der Waals surface area contributed by atoms with E-state index in [-0.39, 0.29) is 4.75 Å². The summed E-state index contributed by atoms with van der Waals surface area (Å²) in [5.41, 5.74) is 0.448. The molecule has 7 heteroatoms. The molecule has 0 fully saturated rings. The Morgan fingerprint density at radius 2 is 2.10 bits per heavy atom. The highest BCUT2D eigenvalue weighted by Gasteiger charge is 2.22. The van der Waals surface area contributed by atoms with Gasteiger partial charge in [0.25, 0.3) is 0 Å². The summed E-state index contributed by atoms with van der Waals surface area (Å²) >= 11 is 7.52. The molecule has 1 aromatic rings. The number of carbonyl (C=O) groups excluding carboxylic acids is 1. The fourth-order valence-corrected chi connectivity index (χ4v) is 1.92. The van der Waals surface area contributed by atoms with Gasteiger partial charge in [-0.25, -0.2) is 4.79 Å². The van der Waals surface area contributed by atoms with Gasteiger partial charge < -0.3 is 10.4 Å². The van der Waals surface area contributed by atoms with Gasteiger partial charge >= 0.3 is 12.0 Å². The number of hydrogen-bond acceptors (Lipinski definition) is 3. The van der Waals surface area contributed by atoms with Crippen molar-refractivity contribution in [3.63, 3.8) is 0 Å². The summed E-state index contributed by atoms with van der Waals surface area (Å²) < 4.78 is -0.126. The largest absolute Gasteiger partial charge is 0.480 e. The Labute approximate surface area is 133 Å². The van der Waals surface area contributed by atoms with Gasteiger partial charge in [-0.2, -0.15) is 11.8 Å². The first-order chi connectivity index (χ1) is 9.75. The second-order valence-corrected chi connectivity index (χ2v) is 7.03.